The molecule has 0 N–H and O–H groups in total. The second-order valence-electron chi connectivity index (χ2n) is 8.37. The van der Waals surface area contributed by atoms with Crippen LogP contribution >= 0.6 is 0 Å². The van der Waals surface area contributed by atoms with Gasteiger partial charge in [0.25, 0.3) is 5.91 Å². The summed E-state index contributed by atoms with van der Waals surface area (Å²) in [6.45, 7) is 6.73. The van der Waals surface area contributed by atoms with Gasteiger partial charge in [-0.25, -0.2) is 0 Å². The molecule has 3 heterocycles. The molecule has 0 saturated carbocycles. The van der Waals surface area contributed by atoms with Crippen LogP contribution in [0.5, 0.6) is 0 Å². The third-order valence-corrected chi connectivity index (χ3v) is 6.51. The van der Waals surface area contributed by atoms with Crippen LogP contribution in [0.4, 0.5) is 5.69 Å². The van der Waals surface area contributed by atoms with E-state index in [2.05, 4.69) is 29.2 Å². The van der Waals surface area contributed by atoms with Gasteiger partial charge in [-0.15, -0.1) is 0 Å². The Kier molecular flexibility index (Phi) is 6.41. The van der Waals surface area contributed by atoms with E-state index >= 15 is 0 Å². The smallest absolute Gasteiger partial charge is 0.257 e. The molecule has 6 heteroatoms. The highest BCUT2D eigenvalue weighted by Crippen LogP contribution is 2.25. The summed E-state index contributed by atoms with van der Waals surface area (Å²) < 4.78 is 5.26. The van der Waals surface area contributed by atoms with E-state index in [0.29, 0.717) is 23.7 Å². The zero-order valence-electron chi connectivity index (χ0n) is 17.8. The zero-order chi connectivity index (χ0) is 20.9. The molecule has 0 unspecified atom stereocenters. The molecule has 0 radical (unpaired) electrons. The minimum atomic E-state index is 0.0621. The number of benzene rings is 1. The molecule has 30 heavy (non-hydrogen) atoms. The Labute approximate surface area is 178 Å². The monoisotopic (exact) mass is 409 g/mol. The van der Waals surface area contributed by atoms with Gasteiger partial charge >= 0.3 is 0 Å². The van der Waals surface area contributed by atoms with E-state index in [1.807, 2.05) is 22.8 Å². The Morgan fingerprint density at radius 2 is 1.63 bits per heavy atom. The summed E-state index contributed by atoms with van der Waals surface area (Å²) in [5, 5.41) is 0. The van der Waals surface area contributed by atoms with Crippen LogP contribution in [0.3, 0.4) is 0 Å². The first-order valence-corrected chi connectivity index (χ1v) is 11.0. The number of para-hydroxylation sites is 1. The molecule has 0 aliphatic carbocycles. The SMILES string of the molecule is Cc1occc1C(=O)N1CCC(CCC(=O)N2CCN(c3ccccc3)CC2)CC1. The molecular formula is C24H31N3O3. The molecule has 1 aromatic heterocycles. The number of amides is 2. The number of hydrogen-bond acceptors (Lipinski definition) is 4. The van der Waals surface area contributed by atoms with E-state index < -0.39 is 0 Å². The summed E-state index contributed by atoms with van der Waals surface area (Å²) >= 11 is 0. The van der Waals surface area contributed by atoms with Crippen molar-refractivity contribution < 1.29 is 14.0 Å². The summed E-state index contributed by atoms with van der Waals surface area (Å²) in [6.07, 6.45) is 5.05. The molecule has 2 aliphatic rings. The van der Waals surface area contributed by atoms with E-state index in [1.165, 1.54) is 5.69 Å². The molecule has 2 aromatic rings. The van der Waals surface area contributed by atoms with Crippen molar-refractivity contribution >= 4 is 17.5 Å². The van der Waals surface area contributed by atoms with Crippen molar-refractivity contribution in [3.63, 3.8) is 0 Å². The summed E-state index contributed by atoms with van der Waals surface area (Å²) in [7, 11) is 0. The lowest BCUT2D eigenvalue weighted by atomic mass is 9.91. The maximum atomic E-state index is 12.7. The van der Waals surface area contributed by atoms with Gasteiger partial charge in [0.15, 0.2) is 0 Å². The molecule has 2 amide bonds. The van der Waals surface area contributed by atoms with Crippen molar-refractivity contribution in [1.82, 2.24) is 9.80 Å². The summed E-state index contributed by atoms with van der Waals surface area (Å²) in [4.78, 5) is 31.5. The van der Waals surface area contributed by atoms with Crippen LogP contribution in [0.15, 0.2) is 47.1 Å². The molecule has 2 fully saturated rings. The number of hydrogen-bond donors (Lipinski definition) is 0. The van der Waals surface area contributed by atoms with Crippen LogP contribution in [-0.2, 0) is 4.79 Å². The summed E-state index contributed by atoms with van der Waals surface area (Å²) in [6, 6.07) is 12.2. The van der Waals surface area contributed by atoms with Gasteiger partial charge in [-0.2, -0.15) is 0 Å². The molecule has 1 aromatic carbocycles. The number of nitrogens with zero attached hydrogens (tertiary/aromatic N) is 3. The Morgan fingerprint density at radius 1 is 0.933 bits per heavy atom. The maximum Gasteiger partial charge on any atom is 0.257 e. The van der Waals surface area contributed by atoms with Gasteiger partial charge in [0, 0.05) is 51.4 Å². The van der Waals surface area contributed by atoms with Crippen molar-refractivity contribution in [2.75, 3.05) is 44.2 Å². The van der Waals surface area contributed by atoms with Gasteiger partial charge in [-0.3, -0.25) is 9.59 Å². The Hall–Kier alpha value is -2.76. The van der Waals surface area contributed by atoms with Crippen molar-refractivity contribution in [3.8, 4) is 0 Å². The molecule has 6 nitrogen and oxygen atoms in total. The molecule has 2 saturated heterocycles. The van der Waals surface area contributed by atoms with Crippen LogP contribution < -0.4 is 4.90 Å². The number of piperidine rings is 1. The lowest BCUT2D eigenvalue weighted by Crippen LogP contribution is -2.48. The fourth-order valence-corrected chi connectivity index (χ4v) is 4.54. The molecular weight excluding hydrogens is 378 g/mol. The molecule has 2 aliphatic heterocycles. The highest BCUT2D eigenvalue weighted by Gasteiger charge is 2.27. The first-order valence-electron chi connectivity index (χ1n) is 11.0. The standard InChI is InChI=1S/C24H31N3O3/c1-19-22(11-18-30-19)24(29)27-12-9-20(10-13-27)7-8-23(28)26-16-14-25(15-17-26)21-5-3-2-4-6-21/h2-6,11,18,20H,7-10,12-17H2,1H3. The molecule has 0 bridgehead atoms. The first-order chi connectivity index (χ1) is 14.6. The van der Waals surface area contributed by atoms with Crippen molar-refractivity contribution in [1.29, 1.82) is 0 Å². The largest absolute Gasteiger partial charge is 0.469 e. The summed E-state index contributed by atoms with van der Waals surface area (Å²) in [5.74, 6) is 1.54. The van der Waals surface area contributed by atoms with Crippen molar-refractivity contribution in [2.45, 2.75) is 32.6 Å². The lowest BCUT2D eigenvalue weighted by molar-refractivity contribution is -0.131. The molecule has 0 atom stereocenters. The topological polar surface area (TPSA) is 57.0 Å². The highest BCUT2D eigenvalue weighted by atomic mass is 16.3. The highest BCUT2D eigenvalue weighted by molar-refractivity contribution is 5.95. The van der Waals surface area contributed by atoms with Crippen molar-refractivity contribution in [2.24, 2.45) is 5.92 Å². The average Bonchev–Trinajstić information content (AvgIpc) is 3.24. The number of carbonyl (C=O) groups excluding carboxylic acids is 2. The van der Waals surface area contributed by atoms with E-state index in [0.717, 1.165) is 58.5 Å². The Balaban J connectivity index is 1.18. The number of anilines is 1. The van der Waals surface area contributed by atoms with Gasteiger partial charge < -0.3 is 19.1 Å². The normalized spacial score (nSPS) is 18.0. The third-order valence-electron chi connectivity index (χ3n) is 6.51. The lowest BCUT2D eigenvalue weighted by Gasteiger charge is -2.36. The number of rotatable bonds is 5. The van der Waals surface area contributed by atoms with Crippen LogP contribution in [0.2, 0.25) is 0 Å². The minimum absolute atomic E-state index is 0.0621. The Morgan fingerprint density at radius 3 is 2.27 bits per heavy atom. The predicted octanol–water partition coefficient (Wildman–Crippen LogP) is 3.57. The Bertz CT molecular complexity index is 848. The maximum absolute atomic E-state index is 12.7. The van der Waals surface area contributed by atoms with Gasteiger partial charge in [0.2, 0.25) is 5.91 Å². The van der Waals surface area contributed by atoms with Crippen LogP contribution in [0.25, 0.3) is 0 Å². The number of carbonyl (C=O) groups is 2. The minimum Gasteiger partial charge on any atom is -0.469 e. The predicted molar refractivity (Wildman–Crippen MR) is 117 cm³/mol. The fraction of sp³-hybridized carbons (Fsp3) is 0.500. The van der Waals surface area contributed by atoms with Gasteiger partial charge in [-0.1, -0.05) is 18.2 Å². The average molecular weight is 410 g/mol. The molecule has 4 rings (SSSR count). The number of aryl methyl sites for hydroxylation is 1. The van der Waals surface area contributed by atoms with Crippen LogP contribution in [0.1, 0.15) is 41.8 Å². The fourth-order valence-electron chi connectivity index (χ4n) is 4.54. The van der Waals surface area contributed by atoms with Gasteiger partial charge in [0.1, 0.15) is 5.76 Å². The van der Waals surface area contributed by atoms with E-state index in [-0.39, 0.29) is 11.8 Å². The van der Waals surface area contributed by atoms with E-state index in [4.69, 9.17) is 4.42 Å². The van der Waals surface area contributed by atoms with E-state index in [1.54, 1.807) is 12.3 Å². The quantitative estimate of drug-likeness (QED) is 0.758. The summed E-state index contributed by atoms with van der Waals surface area (Å²) in [5.41, 5.74) is 1.90. The number of furan rings is 1. The number of likely N-dealkylation sites (tertiary alicyclic amines) is 1. The second-order valence-corrected chi connectivity index (χ2v) is 8.37. The first kappa shape index (κ1) is 20.5. The third kappa shape index (κ3) is 4.69. The molecule has 0 spiro atoms. The number of piperazine rings is 1. The van der Waals surface area contributed by atoms with E-state index in [9.17, 15) is 9.59 Å². The van der Waals surface area contributed by atoms with Gasteiger partial charge in [-0.05, 0) is 50.3 Å². The van der Waals surface area contributed by atoms with Gasteiger partial charge in [0.05, 0.1) is 11.8 Å². The second kappa shape index (κ2) is 9.37. The molecule has 160 valence electrons. The van der Waals surface area contributed by atoms with Crippen LogP contribution in [-0.4, -0.2) is 60.9 Å². The van der Waals surface area contributed by atoms with Crippen LogP contribution in [0, 0.1) is 12.8 Å². The zero-order valence-corrected chi connectivity index (χ0v) is 17.8. The van der Waals surface area contributed by atoms with Crippen molar-refractivity contribution in [3.05, 3.63) is 54.0 Å².